The number of ether oxygens (including phenoxy) is 1. The van der Waals surface area contributed by atoms with E-state index in [0.29, 0.717) is 25.5 Å². The Labute approximate surface area is 123 Å². The van der Waals surface area contributed by atoms with E-state index >= 15 is 0 Å². The molecular formula is C13H22N2O2S2. The van der Waals surface area contributed by atoms with Gasteiger partial charge in [-0.15, -0.1) is 11.3 Å². The number of thiazole rings is 1. The molecule has 1 rings (SSSR count). The molecule has 108 valence electrons. The van der Waals surface area contributed by atoms with Crippen molar-refractivity contribution in [1.29, 1.82) is 0 Å². The lowest BCUT2D eigenvalue weighted by Gasteiger charge is -2.11. The molecule has 1 unspecified atom stereocenters. The summed E-state index contributed by atoms with van der Waals surface area (Å²) < 4.78 is 4.90. The molecule has 1 aromatic rings. The van der Waals surface area contributed by atoms with Crippen LogP contribution in [0.1, 0.15) is 32.9 Å². The zero-order chi connectivity index (χ0) is 14.1. The van der Waals surface area contributed by atoms with Crippen molar-refractivity contribution in [2.24, 2.45) is 0 Å². The number of hydrogen-bond donors (Lipinski definition) is 1. The molecule has 4 nitrogen and oxygen atoms in total. The molecule has 0 radical (unpaired) electrons. The Morgan fingerprint density at radius 1 is 1.58 bits per heavy atom. The first-order valence-electron chi connectivity index (χ1n) is 6.60. The van der Waals surface area contributed by atoms with Crippen molar-refractivity contribution in [1.82, 2.24) is 4.98 Å². The van der Waals surface area contributed by atoms with Gasteiger partial charge in [-0.1, -0.05) is 6.92 Å². The van der Waals surface area contributed by atoms with Crippen LogP contribution in [0, 0.1) is 0 Å². The number of hydrogen-bond acceptors (Lipinski definition) is 6. The molecule has 1 aromatic heterocycles. The van der Waals surface area contributed by atoms with Gasteiger partial charge in [0.15, 0.2) is 5.13 Å². The lowest BCUT2D eigenvalue weighted by atomic mass is 10.2. The second kappa shape index (κ2) is 9.20. The third-order valence-electron chi connectivity index (χ3n) is 2.38. The standard InChI is InChI=1S/C13H22N2O2S2/c1-4-17-12(16)7-6-11-9-19-13(15-11)14-10(3)8-18-5-2/h9-10H,4-8H2,1-3H3,(H,14,15). The predicted molar refractivity (Wildman–Crippen MR) is 83.2 cm³/mol. The Balaban J connectivity index is 2.33. The number of nitrogens with zero attached hydrogens (tertiary/aromatic N) is 1. The molecule has 6 heteroatoms. The summed E-state index contributed by atoms with van der Waals surface area (Å²) in [5, 5.41) is 6.31. The molecule has 0 aliphatic heterocycles. The minimum atomic E-state index is -0.155. The summed E-state index contributed by atoms with van der Waals surface area (Å²) in [5.74, 6) is 2.06. The van der Waals surface area contributed by atoms with E-state index in [4.69, 9.17) is 4.74 Å². The largest absolute Gasteiger partial charge is 0.466 e. The summed E-state index contributed by atoms with van der Waals surface area (Å²) in [5.41, 5.74) is 0.955. The first-order valence-corrected chi connectivity index (χ1v) is 8.63. The summed E-state index contributed by atoms with van der Waals surface area (Å²) in [6.07, 6.45) is 1.05. The van der Waals surface area contributed by atoms with E-state index in [0.717, 1.165) is 22.3 Å². The summed E-state index contributed by atoms with van der Waals surface area (Å²) in [4.78, 5) is 15.7. The van der Waals surface area contributed by atoms with E-state index in [-0.39, 0.29) is 5.97 Å². The van der Waals surface area contributed by atoms with Crippen LogP contribution in [-0.2, 0) is 16.0 Å². The SMILES string of the molecule is CCOC(=O)CCc1csc(NC(C)CSCC)n1. The lowest BCUT2D eigenvalue weighted by molar-refractivity contribution is -0.143. The number of anilines is 1. The van der Waals surface area contributed by atoms with Crippen LogP contribution in [-0.4, -0.2) is 35.1 Å². The van der Waals surface area contributed by atoms with Gasteiger partial charge in [-0.3, -0.25) is 4.79 Å². The molecule has 0 amide bonds. The van der Waals surface area contributed by atoms with Crippen molar-refractivity contribution in [2.75, 3.05) is 23.4 Å². The summed E-state index contributed by atoms with van der Waals surface area (Å²) in [7, 11) is 0. The van der Waals surface area contributed by atoms with Crippen LogP contribution in [0.15, 0.2) is 5.38 Å². The molecule has 0 bridgehead atoms. The fourth-order valence-corrected chi connectivity index (χ4v) is 3.03. The number of esters is 1. The smallest absolute Gasteiger partial charge is 0.306 e. The summed E-state index contributed by atoms with van der Waals surface area (Å²) in [6, 6.07) is 0.411. The second-order valence-corrected chi connectivity index (χ2v) is 6.33. The van der Waals surface area contributed by atoms with E-state index < -0.39 is 0 Å². The highest BCUT2D eigenvalue weighted by Crippen LogP contribution is 2.18. The molecule has 0 fully saturated rings. The molecule has 0 spiro atoms. The van der Waals surface area contributed by atoms with Gasteiger partial charge in [0.25, 0.3) is 0 Å². The van der Waals surface area contributed by atoms with E-state index in [9.17, 15) is 4.79 Å². The van der Waals surface area contributed by atoms with Crippen molar-refractivity contribution in [3.63, 3.8) is 0 Å². The highest BCUT2D eigenvalue weighted by molar-refractivity contribution is 7.99. The van der Waals surface area contributed by atoms with Gasteiger partial charge in [0.05, 0.1) is 18.7 Å². The molecule has 19 heavy (non-hydrogen) atoms. The van der Waals surface area contributed by atoms with Gasteiger partial charge in [-0.05, 0) is 19.6 Å². The van der Waals surface area contributed by atoms with E-state index in [2.05, 4.69) is 24.1 Å². The molecule has 1 atom stereocenters. The summed E-state index contributed by atoms with van der Waals surface area (Å²) in [6.45, 7) is 6.57. The quantitative estimate of drug-likeness (QED) is 0.710. The Morgan fingerprint density at radius 2 is 2.37 bits per heavy atom. The lowest BCUT2D eigenvalue weighted by Crippen LogP contribution is -2.17. The van der Waals surface area contributed by atoms with Gasteiger partial charge in [0.2, 0.25) is 0 Å². The van der Waals surface area contributed by atoms with Crippen LogP contribution in [0.25, 0.3) is 0 Å². The first-order chi connectivity index (χ1) is 9.15. The van der Waals surface area contributed by atoms with Crippen LogP contribution in [0.2, 0.25) is 0 Å². The van der Waals surface area contributed by atoms with Crippen LogP contribution < -0.4 is 5.32 Å². The van der Waals surface area contributed by atoms with Gasteiger partial charge in [-0.2, -0.15) is 11.8 Å². The predicted octanol–water partition coefficient (Wildman–Crippen LogP) is 3.19. The number of nitrogens with one attached hydrogen (secondary N) is 1. The molecule has 0 aromatic carbocycles. The summed E-state index contributed by atoms with van der Waals surface area (Å²) >= 11 is 3.51. The van der Waals surface area contributed by atoms with E-state index in [1.807, 2.05) is 24.1 Å². The van der Waals surface area contributed by atoms with E-state index in [1.165, 1.54) is 0 Å². The van der Waals surface area contributed by atoms with Gasteiger partial charge < -0.3 is 10.1 Å². The zero-order valence-electron chi connectivity index (χ0n) is 11.8. The van der Waals surface area contributed by atoms with Crippen LogP contribution >= 0.6 is 23.1 Å². The Kier molecular flexibility index (Phi) is 7.90. The van der Waals surface area contributed by atoms with Crippen molar-refractivity contribution >= 4 is 34.2 Å². The molecular weight excluding hydrogens is 280 g/mol. The topological polar surface area (TPSA) is 51.2 Å². The number of carbonyl (C=O) groups excluding carboxylic acids is 1. The molecule has 0 saturated heterocycles. The van der Waals surface area contributed by atoms with Crippen LogP contribution in [0.4, 0.5) is 5.13 Å². The number of thioether (sulfide) groups is 1. The Hall–Kier alpha value is -0.750. The zero-order valence-corrected chi connectivity index (χ0v) is 13.4. The molecule has 0 aliphatic carbocycles. The van der Waals surface area contributed by atoms with Crippen LogP contribution in [0.5, 0.6) is 0 Å². The number of aryl methyl sites for hydroxylation is 1. The fraction of sp³-hybridized carbons (Fsp3) is 0.692. The number of carbonyl (C=O) groups is 1. The normalized spacial score (nSPS) is 12.2. The second-order valence-electron chi connectivity index (χ2n) is 4.15. The number of aromatic nitrogens is 1. The first kappa shape index (κ1) is 16.3. The van der Waals surface area contributed by atoms with E-state index in [1.54, 1.807) is 11.3 Å². The van der Waals surface area contributed by atoms with Crippen LogP contribution in [0.3, 0.4) is 0 Å². The minimum Gasteiger partial charge on any atom is -0.466 e. The fourth-order valence-electron chi connectivity index (χ4n) is 1.50. The van der Waals surface area contributed by atoms with Gasteiger partial charge in [0, 0.05) is 23.6 Å². The Morgan fingerprint density at radius 3 is 3.05 bits per heavy atom. The Bertz CT molecular complexity index is 382. The van der Waals surface area contributed by atoms with Gasteiger partial charge in [-0.25, -0.2) is 4.98 Å². The molecule has 0 saturated carbocycles. The number of rotatable bonds is 9. The highest BCUT2D eigenvalue weighted by Gasteiger charge is 2.08. The van der Waals surface area contributed by atoms with Gasteiger partial charge >= 0.3 is 5.97 Å². The maximum Gasteiger partial charge on any atom is 0.306 e. The maximum atomic E-state index is 11.3. The average molecular weight is 302 g/mol. The highest BCUT2D eigenvalue weighted by atomic mass is 32.2. The monoisotopic (exact) mass is 302 g/mol. The molecule has 1 heterocycles. The maximum absolute atomic E-state index is 11.3. The molecule has 1 N–H and O–H groups in total. The van der Waals surface area contributed by atoms with Crippen molar-refractivity contribution in [3.05, 3.63) is 11.1 Å². The minimum absolute atomic E-state index is 0.155. The van der Waals surface area contributed by atoms with Crippen molar-refractivity contribution in [2.45, 2.75) is 39.7 Å². The third-order valence-corrected chi connectivity index (χ3v) is 4.35. The van der Waals surface area contributed by atoms with Crippen molar-refractivity contribution < 1.29 is 9.53 Å². The van der Waals surface area contributed by atoms with Gasteiger partial charge in [0.1, 0.15) is 0 Å². The third kappa shape index (κ3) is 6.82. The average Bonchev–Trinajstić information content (AvgIpc) is 2.82. The molecule has 0 aliphatic rings. The van der Waals surface area contributed by atoms with Crippen molar-refractivity contribution in [3.8, 4) is 0 Å².